The first-order valence-corrected chi connectivity index (χ1v) is 21.9. The van der Waals surface area contributed by atoms with E-state index in [9.17, 15) is 26.4 Å². The van der Waals surface area contributed by atoms with Crippen LogP contribution in [0.1, 0.15) is 53.6 Å². The van der Waals surface area contributed by atoms with Gasteiger partial charge in [-0.2, -0.15) is 13.2 Å². The molecule has 6 rings (SSSR count). The topological polar surface area (TPSA) is 82.2 Å². The van der Waals surface area contributed by atoms with Gasteiger partial charge in [-0.15, -0.1) is 11.8 Å². The lowest BCUT2D eigenvalue weighted by Crippen LogP contribution is -2.47. The van der Waals surface area contributed by atoms with Gasteiger partial charge in [-0.05, 0) is 124 Å². The summed E-state index contributed by atoms with van der Waals surface area (Å²) in [6.45, 7) is 4.80. The molecule has 1 N–H and O–H groups in total. The van der Waals surface area contributed by atoms with Crippen LogP contribution in [0, 0.1) is 0 Å². The van der Waals surface area contributed by atoms with Crippen molar-refractivity contribution in [2.24, 2.45) is 0 Å². The maximum absolute atomic E-state index is 14.4. The largest absolute Gasteiger partial charge is 0.489 e. The zero-order chi connectivity index (χ0) is 40.6. The summed E-state index contributed by atoms with van der Waals surface area (Å²) in [6, 6.07) is 26.7. The molecule has 14 heteroatoms. The number of nitrogens with zero attached hydrogens (tertiary/aromatic N) is 3. The Hall–Kier alpha value is -4.01. The number of ether oxygens (including phenoxy) is 1. The zero-order valence-electron chi connectivity index (χ0n) is 32.1. The summed E-state index contributed by atoms with van der Waals surface area (Å²) in [5.74, 6) is -1.04. The molecule has 2 aliphatic rings. The maximum atomic E-state index is 14.4. The van der Waals surface area contributed by atoms with Gasteiger partial charge in [0.1, 0.15) is 11.9 Å². The van der Waals surface area contributed by atoms with E-state index in [0.29, 0.717) is 24.8 Å². The summed E-state index contributed by atoms with van der Waals surface area (Å²) < 4.78 is 77.6. The minimum atomic E-state index is -4.92. The third kappa shape index (κ3) is 11.8. The molecule has 4 aromatic carbocycles. The molecule has 1 heterocycles. The number of carbonyl (C=O) groups is 1. The van der Waals surface area contributed by atoms with Gasteiger partial charge in [0.25, 0.3) is 15.9 Å². The molecular weight excluding hydrogens is 793 g/mol. The number of hydrogen-bond donors (Lipinski definition) is 1. The molecule has 0 bridgehead atoms. The van der Waals surface area contributed by atoms with Crippen LogP contribution < -0.4 is 14.4 Å². The van der Waals surface area contributed by atoms with Gasteiger partial charge in [-0.1, -0.05) is 47.5 Å². The Balaban J connectivity index is 1.07. The molecule has 1 aliphatic heterocycles. The summed E-state index contributed by atoms with van der Waals surface area (Å²) in [4.78, 5) is 20.0. The molecule has 57 heavy (non-hydrogen) atoms. The summed E-state index contributed by atoms with van der Waals surface area (Å²) in [6.07, 6.45) is -0.533. The fourth-order valence-corrected chi connectivity index (χ4v) is 9.19. The van der Waals surface area contributed by atoms with Crippen molar-refractivity contribution in [1.82, 2.24) is 14.5 Å². The van der Waals surface area contributed by atoms with Crippen LogP contribution >= 0.6 is 23.4 Å². The lowest BCUT2D eigenvalue weighted by atomic mass is 9.87. The van der Waals surface area contributed by atoms with Gasteiger partial charge in [0, 0.05) is 66.2 Å². The van der Waals surface area contributed by atoms with Crippen molar-refractivity contribution in [3.63, 3.8) is 0 Å². The number of carbonyl (C=O) groups excluding carboxylic acids is 1. The molecule has 0 radical (unpaired) electrons. The molecule has 8 nitrogen and oxygen atoms in total. The molecule has 1 saturated heterocycles. The molecule has 1 amide bonds. The van der Waals surface area contributed by atoms with E-state index in [1.807, 2.05) is 66.2 Å². The summed E-state index contributed by atoms with van der Waals surface area (Å²) in [5, 5.41) is 0.733. The number of thioether (sulfide) groups is 1. The van der Waals surface area contributed by atoms with Gasteiger partial charge in [-0.3, -0.25) is 9.69 Å². The number of sulfonamides is 1. The van der Waals surface area contributed by atoms with E-state index < -0.39 is 44.4 Å². The third-order valence-electron chi connectivity index (χ3n) is 10.2. The zero-order valence-corrected chi connectivity index (χ0v) is 34.5. The average Bonchev–Trinajstić information content (AvgIpc) is 3.19. The van der Waals surface area contributed by atoms with Crippen molar-refractivity contribution in [1.29, 1.82) is 0 Å². The Bertz CT molecular complexity index is 2110. The molecule has 1 fully saturated rings. The predicted octanol–water partition coefficient (Wildman–Crippen LogP) is 9.12. The van der Waals surface area contributed by atoms with Crippen molar-refractivity contribution in [3.05, 3.63) is 124 Å². The lowest BCUT2D eigenvalue weighted by molar-refractivity contribution is -0.139. The number of nitrogens with one attached hydrogen (secondary N) is 1. The van der Waals surface area contributed by atoms with Crippen LogP contribution in [-0.4, -0.2) is 89.3 Å². The van der Waals surface area contributed by atoms with E-state index in [-0.39, 0.29) is 5.56 Å². The molecule has 0 spiro atoms. The number of allylic oxidation sites excluding steroid dienone is 1. The molecule has 1 atom stereocenters. The quantitative estimate of drug-likeness (QED) is 0.119. The summed E-state index contributed by atoms with van der Waals surface area (Å²) in [5.41, 5.74) is 3.88. The third-order valence-corrected chi connectivity index (χ3v) is 12.9. The monoisotopic (exact) mass is 840 g/mol. The fourth-order valence-electron chi connectivity index (χ4n) is 7.10. The van der Waals surface area contributed by atoms with Crippen LogP contribution in [0.15, 0.2) is 112 Å². The van der Waals surface area contributed by atoms with E-state index in [4.69, 9.17) is 16.3 Å². The average molecular weight is 841 g/mol. The molecule has 4 aromatic rings. The van der Waals surface area contributed by atoms with Crippen molar-refractivity contribution >= 4 is 50.6 Å². The van der Waals surface area contributed by atoms with Crippen LogP contribution in [-0.2, 0) is 16.2 Å². The Morgan fingerprint density at radius 2 is 1.60 bits per heavy atom. The smallest absolute Gasteiger partial charge is 0.420 e. The van der Waals surface area contributed by atoms with Crippen LogP contribution in [0.5, 0.6) is 5.75 Å². The van der Waals surface area contributed by atoms with Crippen LogP contribution in [0.3, 0.4) is 0 Å². The predicted molar refractivity (Wildman–Crippen MR) is 223 cm³/mol. The standard InChI is InChI=1S/C43H48ClF3N4O4S2/c1-49(2)23-22-36(30-56-37-9-4-3-5-10-37)55-41-21-20-38(28-40(41)43(45,46)47)57(53,54)48-42(52)32-14-18-35(19-15-32)51-26-24-50(25-27-51)29-33-8-6-7-11-39(33)31-12-16-34(44)17-13-31/h3-5,9-10,12-21,28,36H,6-8,11,22-27,29-30H2,1-2H3,(H,48,52)/t36-/m1/s1. The van der Waals surface area contributed by atoms with E-state index in [2.05, 4.69) is 21.9 Å². The molecule has 304 valence electrons. The number of anilines is 1. The number of piperazine rings is 1. The highest BCUT2D eigenvalue weighted by Crippen LogP contribution is 2.39. The first-order chi connectivity index (χ1) is 27.2. The number of halogens is 4. The number of benzene rings is 4. The highest BCUT2D eigenvalue weighted by molar-refractivity contribution is 7.99. The minimum Gasteiger partial charge on any atom is -0.489 e. The normalized spacial score (nSPS) is 16.2. The maximum Gasteiger partial charge on any atom is 0.420 e. The Morgan fingerprint density at radius 1 is 0.912 bits per heavy atom. The van der Waals surface area contributed by atoms with Gasteiger partial charge < -0.3 is 14.5 Å². The molecule has 0 unspecified atom stereocenters. The highest BCUT2D eigenvalue weighted by atomic mass is 35.5. The van der Waals surface area contributed by atoms with Gasteiger partial charge in [0.05, 0.1) is 10.5 Å². The highest BCUT2D eigenvalue weighted by Gasteiger charge is 2.37. The number of alkyl halides is 3. The van der Waals surface area contributed by atoms with Gasteiger partial charge in [0.2, 0.25) is 0 Å². The van der Waals surface area contributed by atoms with Crippen molar-refractivity contribution in [3.8, 4) is 5.75 Å². The van der Waals surface area contributed by atoms with E-state index in [0.717, 1.165) is 73.3 Å². The lowest BCUT2D eigenvalue weighted by Gasteiger charge is -2.37. The second kappa shape index (κ2) is 19.2. The minimum absolute atomic E-state index is 0.0653. The van der Waals surface area contributed by atoms with Gasteiger partial charge in [0.15, 0.2) is 0 Å². The second-order valence-electron chi connectivity index (χ2n) is 14.7. The summed E-state index contributed by atoms with van der Waals surface area (Å²) in [7, 11) is -0.941. The SMILES string of the molecule is CN(C)CC[C@H](CSc1ccccc1)Oc1ccc(S(=O)(=O)NC(=O)c2ccc(N3CCN(CC4=C(c5ccc(Cl)cc5)CCCC4)CC3)cc2)cc1C(F)(F)F. The Labute approximate surface area is 343 Å². The first kappa shape index (κ1) is 42.6. The number of rotatable bonds is 15. The number of amides is 1. The summed E-state index contributed by atoms with van der Waals surface area (Å²) >= 11 is 7.60. The van der Waals surface area contributed by atoms with Crippen LogP contribution in [0.2, 0.25) is 5.02 Å². The van der Waals surface area contributed by atoms with E-state index in [1.165, 1.54) is 53.4 Å². The van der Waals surface area contributed by atoms with Gasteiger partial charge in [-0.25, -0.2) is 13.1 Å². The first-order valence-electron chi connectivity index (χ1n) is 19.1. The Kier molecular flexibility index (Phi) is 14.3. The molecule has 0 aromatic heterocycles. The van der Waals surface area contributed by atoms with Crippen LogP contribution in [0.4, 0.5) is 18.9 Å². The molecule has 0 saturated carbocycles. The van der Waals surface area contributed by atoms with Gasteiger partial charge >= 0.3 is 6.18 Å². The van der Waals surface area contributed by atoms with E-state index in [1.54, 1.807) is 12.1 Å². The number of hydrogen-bond acceptors (Lipinski definition) is 8. The molecular formula is C43H48ClF3N4O4S2. The van der Waals surface area contributed by atoms with Crippen LogP contribution in [0.25, 0.3) is 5.57 Å². The Morgan fingerprint density at radius 3 is 2.26 bits per heavy atom. The van der Waals surface area contributed by atoms with Crippen molar-refractivity contribution in [2.45, 2.75) is 54.2 Å². The fraction of sp³-hybridized carbons (Fsp3) is 0.372. The van der Waals surface area contributed by atoms with E-state index >= 15 is 0 Å². The second-order valence-corrected chi connectivity index (χ2v) is 17.9. The molecule has 1 aliphatic carbocycles. The van der Waals surface area contributed by atoms with Crippen molar-refractivity contribution in [2.75, 3.05) is 64.0 Å². The van der Waals surface area contributed by atoms with Crippen molar-refractivity contribution < 1.29 is 31.1 Å².